The summed E-state index contributed by atoms with van der Waals surface area (Å²) >= 11 is 0. The SMILES string of the molecule is CCCCCCCCOc1cc(C2=NC3=CC=CCC3C(=O)O2)cc(-c2nc3ccccc3c(=O)o2)c1. The third kappa shape index (κ3) is 5.71. The van der Waals surface area contributed by atoms with Gasteiger partial charge in [0.25, 0.3) is 0 Å². The lowest BCUT2D eigenvalue weighted by atomic mass is 9.96. The van der Waals surface area contributed by atoms with Gasteiger partial charge in [0, 0.05) is 11.1 Å². The van der Waals surface area contributed by atoms with Crippen molar-refractivity contribution in [3.63, 3.8) is 0 Å². The second kappa shape index (κ2) is 11.4. The average molecular weight is 499 g/mol. The van der Waals surface area contributed by atoms with E-state index in [9.17, 15) is 9.59 Å². The Bertz CT molecular complexity index is 1450. The number of hydrogen-bond acceptors (Lipinski definition) is 7. The third-order valence-corrected chi connectivity index (χ3v) is 6.55. The fourth-order valence-corrected chi connectivity index (χ4v) is 4.52. The molecule has 2 aliphatic rings. The van der Waals surface area contributed by atoms with Gasteiger partial charge in [-0.15, -0.1) is 0 Å². The molecule has 5 rings (SSSR count). The van der Waals surface area contributed by atoms with Gasteiger partial charge in [0.1, 0.15) is 11.7 Å². The predicted molar refractivity (Wildman–Crippen MR) is 143 cm³/mol. The Hall–Kier alpha value is -4.00. The molecular weight excluding hydrogens is 468 g/mol. The summed E-state index contributed by atoms with van der Waals surface area (Å²) in [4.78, 5) is 34.5. The molecule has 0 fully saturated rings. The van der Waals surface area contributed by atoms with Crippen LogP contribution in [0.2, 0.25) is 0 Å². The van der Waals surface area contributed by atoms with E-state index in [2.05, 4.69) is 16.9 Å². The van der Waals surface area contributed by atoms with Gasteiger partial charge >= 0.3 is 11.6 Å². The van der Waals surface area contributed by atoms with Crippen molar-refractivity contribution in [2.24, 2.45) is 10.9 Å². The molecule has 1 aliphatic carbocycles. The number of benzene rings is 2. The summed E-state index contributed by atoms with van der Waals surface area (Å²) in [6.45, 7) is 2.75. The number of carbonyl (C=O) groups is 1. The molecule has 2 aromatic carbocycles. The smallest absolute Gasteiger partial charge is 0.347 e. The molecule has 0 saturated heterocycles. The number of carbonyl (C=O) groups excluding carboxylic acids is 1. The Labute approximate surface area is 215 Å². The maximum Gasteiger partial charge on any atom is 0.347 e. The minimum absolute atomic E-state index is 0.162. The van der Waals surface area contributed by atoms with E-state index in [4.69, 9.17) is 13.9 Å². The molecule has 0 saturated carbocycles. The van der Waals surface area contributed by atoms with Crippen LogP contribution in [-0.4, -0.2) is 23.5 Å². The van der Waals surface area contributed by atoms with Gasteiger partial charge in [0.05, 0.1) is 23.2 Å². The first-order valence-electron chi connectivity index (χ1n) is 13.0. The van der Waals surface area contributed by atoms with Crippen molar-refractivity contribution in [1.82, 2.24) is 4.98 Å². The lowest BCUT2D eigenvalue weighted by Crippen LogP contribution is -2.28. The summed E-state index contributed by atoms with van der Waals surface area (Å²) in [5.41, 5.74) is 1.83. The van der Waals surface area contributed by atoms with E-state index in [0.717, 1.165) is 12.8 Å². The fourth-order valence-electron chi connectivity index (χ4n) is 4.52. The van der Waals surface area contributed by atoms with Crippen LogP contribution in [0.3, 0.4) is 0 Å². The highest BCUT2D eigenvalue weighted by Gasteiger charge is 2.32. The highest BCUT2D eigenvalue weighted by molar-refractivity contribution is 6.05. The fraction of sp³-hybridized carbons (Fsp3) is 0.333. The van der Waals surface area contributed by atoms with Gasteiger partial charge in [0.15, 0.2) is 0 Å². The molecule has 3 aromatic rings. The summed E-state index contributed by atoms with van der Waals surface area (Å²) in [5, 5.41) is 0.413. The van der Waals surface area contributed by atoms with Crippen LogP contribution < -0.4 is 10.4 Å². The van der Waals surface area contributed by atoms with Crippen LogP contribution >= 0.6 is 0 Å². The Morgan fingerprint density at radius 3 is 2.70 bits per heavy atom. The molecule has 0 N–H and O–H groups in total. The normalized spacial score (nSPS) is 16.7. The maximum atomic E-state index is 12.7. The van der Waals surface area contributed by atoms with Crippen LogP contribution in [0, 0.1) is 5.92 Å². The van der Waals surface area contributed by atoms with Gasteiger partial charge in [-0.25, -0.2) is 14.8 Å². The highest BCUT2D eigenvalue weighted by atomic mass is 16.5. The minimum atomic E-state index is -0.469. The van der Waals surface area contributed by atoms with Gasteiger partial charge in [-0.2, -0.15) is 0 Å². The minimum Gasteiger partial charge on any atom is -0.494 e. The Kier molecular flexibility index (Phi) is 7.59. The van der Waals surface area contributed by atoms with Crippen LogP contribution in [0.1, 0.15) is 57.4 Å². The van der Waals surface area contributed by atoms with E-state index in [1.54, 1.807) is 36.4 Å². The Morgan fingerprint density at radius 1 is 1.00 bits per heavy atom. The first-order chi connectivity index (χ1) is 18.1. The zero-order valence-corrected chi connectivity index (χ0v) is 20.9. The number of ether oxygens (including phenoxy) is 2. The van der Waals surface area contributed by atoms with Crippen LogP contribution in [0.25, 0.3) is 22.4 Å². The Morgan fingerprint density at radius 2 is 1.81 bits per heavy atom. The zero-order chi connectivity index (χ0) is 25.6. The van der Waals surface area contributed by atoms with Crippen LogP contribution in [-0.2, 0) is 9.53 Å². The average Bonchev–Trinajstić information content (AvgIpc) is 2.92. The molecule has 0 amide bonds. The number of allylic oxidation sites excluding steroid dienone is 3. The molecule has 0 radical (unpaired) electrons. The summed E-state index contributed by atoms with van der Waals surface area (Å²) in [6, 6.07) is 12.4. The summed E-state index contributed by atoms with van der Waals surface area (Å²) in [6.07, 6.45) is 13.1. The Balaban J connectivity index is 1.47. The van der Waals surface area contributed by atoms with Gasteiger partial charge in [-0.1, -0.05) is 63.3 Å². The molecule has 190 valence electrons. The van der Waals surface area contributed by atoms with E-state index in [0.29, 0.717) is 46.5 Å². The second-order valence-electron chi connectivity index (χ2n) is 9.33. The number of hydrogen-bond donors (Lipinski definition) is 0. The van der Waals surface area contributed by atoms with E-state index >= 15 is 0 Å². The van der Waals surface area contributed by atoms with E-state index in [1.807, 2.05) is 24.3 Å². The van der Waals surface area contributed by atoms with Crippen molar-refractivity contribution in [2.75, 3.05) is 6.61 Å². The molecule has 1 atom stereocenters. The quantitative estimate of drug-likeness (QED) is 0.239. The number of cyclic esters (lactones) is 1. The first kappa shape index (κ1) is 24.7. The van der Waals surface area contributed by atoms with Crippen molar-refractivity contribution in [2.45, 2.75) is 51.9 Å². The molecule has 1 aliphatic heterocycles. The van der Waals surface area contributed by atoms with Crippen molar-refractivity contribution >= 4 is 22.8 Å². The largest absolute Gasteiger partial charge is 0.494 e. The number of aromatic nitrogens is 1. The van der Waals surface area contributed by atoms with Crippen LogP contribution in [0.5, 0.6) is 5.75 Å². The number of rotatable bonds is 10. The molecule has 1 aromatic heterocycles. The van der Waals surface area contributed by atoms with E-state index in [1.165, 1.54) is 25.7 Å². The molecule has 7 nitrogen and oxygen atoms in total. The van der Waals surface area contributed by atoms with Gasteiger partial charge in [-0.05, 0) is 49.2 Å². The van der Waals surface area contributed by atoms with Gasteiger partial charge in [-0.3, -0.25) is 4.79 Å². The van der Waals surface area contributed by atoms with Gasteiger partial charge < -0.3 is 13.9 Å². The standard InChI is InChI=1S/C30H30N2O5/c1-2-3-4-5-6-11-16-35-22-18-20(27-31-25-14-9-7-12-23(25)29(33)36-27)17-21(19-22)28-32-26-15-10-8-13-24(26)30(34)37-28/h7-10,12,14-15,17-19,24H,2-6,11,13,16H2,1H3. The first-order valence-corrected chi connectivity index (χ1v) is 13.0. The van der Waals surface area contributed by atoms with Crippen LogP contribution in [0.4, 0.5) is 0 Å². The number of esters is 1. The van der Waals surface area contributed by atoms with E-state index in [-0.39, 0.29) is 23.7 Å². The summed E-state index contributed by atoms with van der Waals surface area (Å²) in [7, 11) is 0. The van der Waals surface area contributed by atoms with Crippen molar-refractivity contribution in [1.29, 1.82) is 0 Å². The van der Waals surface area contributed by atoms with Gasteiger partial charge in [0.2, 0.25) is 11.8 Å². The number of fused-ring (bicyclic) bond motifs is 2. The third-order valence-electron chi connectivity index (χ3n) is 6.55. The summed E-state index contributed by atoms with van der Waals surface area (Å²) < 4.78 is 17.3. The highest BCUT2D eigenvalue weighted by Crippen LogP contribution is 2.31. The van der Waals surface area contributed by atoms with Crippen LogP contribution in [0.15, 0.2) is 80.6 Å². The predicted octanol–water partition coefficient (Wildman–Crippen LogP) is 6.36. The van der Waals surface area contributed by atoms with Crippen molar-refractivity contribution < 1.29 is 18.7 Å². The lowest BCUT2D eigenvalue weighted by Gasteiger charge is -2.23. The lowest BCUT2D eigenvalue weighted by molar-refractivity contribution is -0.139. The number of aliphatic imine (C=N–C) groups is 1. The molecule has 0 bridgehead atoms. The summed E-state index contributed by atoms with van der Waals surface area (Å²) in [5.74, 6) is 0.195. The number of nitrogens with zero attached hydrogens (tertiary/aromatic N) is 2. The van der Waals surface area contributed by atoms with Crippen molar-refractivity contribution in [3.8, 4) is 17.2 Å². The van der Waals surface area contributed by atoms with E-state index < -0.39 is 5.63 Å². The maximum absolute atomic E-state index is 12.7. The molecule has 0 spiro atoms. The topological polar surface area (TPSA) is 91.0 Å². The molecule has 7 heteroatoms. The zero-order valence-electron chi connectivity index (χ0n) is 20.9. The molecule has 1 unspecified atom stereocenters. The molecular formula is C30H30N2O5. The number of para-hydroxylation sites is 1. The molecule has 2 heterocycles. The molecule has 37 heavy (non-hydrogen) atoms. The second-order valence-corrected chi connectivity index (χ2v) is 9.33. The van der Waals surface area contributed by atoms with Crippen molar-refractivity contribution in [3.05, 3.63) is 82.4 Å². The monoisotopic (exact) mass is 498 g/mol. The number of unbranched alkanes of at least 4 members (excludes halogenated alkanes) is 5.